The number of fused-ring (bicyclic) bond motifs is 2. The van der Waals surface area contributed by atoms with E-state index in [1.54, 1.807) is 5.56 Å². The Morgan fingerprint density at radius 3 is 1.20 bits per heavy atom. The summed E-state index contributed by atoms with van der Waals surface area (Å²) in [5.41, 5.74) is 5.52. The molecule has 0 aliphatic heterocycles. The number of benzene rings is 3. The number of rotatable bonds is 3. The quantitative estimate of drug-likeness (QED) is 0.425. The second-order valence-electron chi connectivity index (χ2n) is 11.2. The predicted octanol–water partition coefficient (Wildman–Crippen LogP) is 7.82. The lowest BCUT2D eigenvalue weighted by Crippen LogP contribution is -2.56. The molecule has 3 aromatic carbocycles. The second-order valence-corrected chi connectivity index (χ2v) is 11.2. The molecule has 0 amide bonds. The summed E-state index contributed by atoms with van der Waals surface area (Å²) in [6.45, 7) is 7.64. The summed E-state index contributed by atoms with van der Waals surface area (Å²) in [6.07, 6.45) is 6.29. The van der Waals surface area contributed by atoms with E-state index in [0.717, 1.165) is 0 Å². The van der Waals surface area contributed by atoms with E-state index in [-0.39, 0.29) is 16.2 Å². The van der Waals surface area contributed by atoms with Crippen molar-refractivity contribution in [1.29, 1.82) is 0 Å². The van der Waals surface area contributed by atoms with Crippen LogP contribution in [0.5, 0.6) is 0 Å². The maximum atomic E-state index is 2.57. The van der Waals surface area contributed by atoms with Crippen molar-refractivity contribution in [3.05, 3.63) is 108 Å². The maximum Gasteiger partial charge on any atom is -0.00251 e. The van der Waals surface area contributed by atoms with E-state index in [9.17, 15) is 0 Å². The highest BCUT2D eigenvalue weighted by Crippen LogP contribution is 2.66. The Kier molecular flexibility index (Phi) is 4.47. The van der Waals surface area contributed by atoms with Crippen LogP contribution in [0.2, 0.25) is 0 Å². The van der Waals surface area contributed by atoms with Gasteiger partial charge in [0.2, 0.25) is 0 Å². The fraction of sp³-hybridized carbons (Fsp3) is 0.400. The van der Waals surface area contributed by atoms with E-state index >= 15 is 0 Å². The van der Waals surface area contributed by atoms with Gasteiger partial charge in [-0.25, -0.2) is 0 Å². The van der Waals surface area contributed by atoms with Gasteiger partial charge in [0, 0.05) is 0 Å². The molecule has 2 fully saturated rings. The van der Waals surface area contributed by atoms with Gasteiger partial charge >= 0.3 is 0 Å². The summed E-state index contributed by atoms with van der Waals surface area (Å²) < 4.78 is 0. The van der Waals surface area contributed by atoms with Crippen LogP contribution in [-0.4, -0.2) is 0 Å². The highest BCUT2D eigenvalue weighted by atomic mass is 14.6. The zero-order valence-electron chi connectivity index (χ0n) is 18.7. The van der Waals surface area contributed by atoms with E-state index in [1.807, 2.05) is 0 Å². The Morgan fingerprint density at radius 2 is 0.800 bits per heavy atom. The Bertz CT molecular complexity index is 941. The first-order valence-corrected chi connectivity index (χ1v) is 11.5. The third kappa shape index (κ3) is 3.22. The van der Waals surface area contributed by atoms with Gasteiger partial charge in [-0.05, 0) is 70.5 Å². The van der Waals surface area contributed by atoms with Crippen LogP contribution in [0.3, 0.4) is 0 Å². The van der Waals surface area contributed by atoms with Crippen molar-refractivity contribution in [2.24, 2.45) is 5.41 Å². The summed E-state index contributed by atoms with van der Waals surface area (Å²) in [4.78, 5) is 0. The van der Waals surface area contributed by atoms with Gasteiger partial charge in [-0.15, -0.1) is 0 Å². The van der Waals surface area contributed by atoms with Gasteiger partial charge in [0.25, 0.3) is 0 Å². The molecule has 2 bridgehead atoms. The first-order valence-electron chi connectivity index (χ1n) is 11.5. The highest BCUT2D eigenvalue weighted by molar-refractivity contribution is 5.39. The lowest BCUT2D eigenvalue weighted by molar-refractivity contribution is -0.0206. The van der Waals surface area contributed by atoms with Crippen LogP contribution in [-0.2, 0) is 16.2 Å². The summed E-state index contributed by atoms with van der Waals surface area (Å²) in [5.74, 6) is 0. The molecule has 2 atom stereocenters. The Balaban J connectivity index is 1.66. The van der Waals surface area contributed by atoms with Crippen LogP contribution in [0.15, 0.2) is 91.0 Å². The van der Waals surface area contributed by atoms with E-state index in [1.165, 1.54) is 43.2 Å². The minimum atomic E-state index is 0.210. The maximum absolute atomic E-state index is 2.57. The predicted molar refractivity (Wildman–Crippen MR) is 127 cm³/mol. The molecule has 30 heavy (non-hydrogen) atoms. The van der Waals surface area contributed by atoms with Crippen LogP contribution in [0, 0.1) is 5.41 Å². The Morgan fingerprint density at radius 1 is 0.433 bits per heavy atom. The molecule has 0 spiro atoms. The molecule has 154 valence electrons. The zero-order chi connectivity index (χ0) is 20.9. The van der Waals surface area contributed by atoms with Gasteiger partial charge < -0.3 is 0 Å². The molecule has 2 aliphatic carbocycles. The lowest BCUT2D eigenvalue weighted by Gasteiger charge is -2.63. The van der Waals surface area contributed by atoms with Gasteiger partial charge in [0.15, 0.2) is 0 Å². The van der Waals surface area contributed by atoms with Crippen molar-refractivity contribution in [2.45, 2.75) is 69.1 Å². The lowest BCUT2D eigenvalue weighted by atomic mass is 9.41. The fourth-order valence-corrected chi connectivity index (χ4v) is 7.88. The second kappa shape index (κ2) is 6.84. The van der Waals surface area contributed by atoms with Crippen molar-refractivity contribution in [2.75, 3.05) is 0 Å². The molecule has 0 N–H and O–H groups in total. The Labute approximate surface area is 182 Å². The Hall–Kier alpha value is -2.34. The van der Waals surface area contributed by atoms with Crippen molar-refractivity contribution >= 4 is 0 Å². The van der Waals surface area contributed by atoms with Crippen LogP contribution in [0.1, 0.15) is 69.6 Å². The van der Waals surface area contributed by atoms with Crippen molar-refractivity contribution < 1.29 is 0 Å². The molecule has 0 saturated heterocycles. The van der Waals surface area contributed by atoms with E-state index in [4.69, 9.17) is 0 Å². The van der Waals surface area contributed by atoms with Crippen LogP contribution >= 0.6 is 0 Å². The van der Waals surface area contributed by atoms with Crippen molar-refractivity contribution in [3.8, 4) is 0 Å². The first kappa shape index (κ1) is 19.6. The average Bonchev–Trinajstić information content (AvgIpc) is 2.74. The van der Waals surface area contributed by atoms with Crippen LogP contribution < -0.4 is 0 Å². The van der Waals surface area contributed by atoms with Gasteiger partial charge in [-0.1, -0.05) is 112 Å². The topological polar surface area (TPSA) is 0 Å². The third-order valence-corrected chi connectivity index (χ3v) is 8.18. The molecule has 2 unspecified atom stereocenters. The van der Waals surface area contributed by atoms with Gasteiger partial charge in [-0.2, -0.15) is 0 Å². The number of hydrogen-bond acceptors (Lipinski definition) is 0. The van der Waals surface area contributed by atoms with Crippen molar-refractivity contribution in [3.63, 3.8) is 0 Å². The third-order valence-electron chi connectivity index (χ3n) is 8.18. The molecule has 5 rings (SSSR count). The molecule has 0 radical (unpaired) electrons. The molecule has 2 aliphatic rings. The number of hydrogen-bond donors (Lipinski definition) is 0. The SMILES string of the molecule is CC12CC(C)(c3ccccc3)CC(c3ccccc3)(C1)CC(C)(c1ccccc1)C2. The largest absolute Gasteiger partial charge is 0.0622 e. The van der Waals surface area contributed by atoms with E-state index in [0.29, 0.717) is 5.41 Å². The molecule has 2 saturated carbocycles. The molecule has 0 aromatic heterocycles. The van der Waals surface area contributed by atoms with Gasteiger partial charge in [0.1, 0.15) is 0 Å². The zero-order valence-corrected chi connectivity index (χ0v) is 18.7. The summed E-state index contributed by atoms with van der Waals surface area (Å²) in [5, 5.41) is 0. The van der Waals surface area contributed by atoms with Crippen LogP contribution in [0.25, 0.3) is 0 Å². The van der Waals surface area contributed by atoms with Crippen molar-refractivity contribution in [1.82, 2.24) is 0 Å². The minimum absolute atomic E-state index is 0.210. The smallest absolute Gasteiger partial charge is 0.00251 e. The minimum Gasteiger partial charge on any atom is -0.0622 e. The molecule has 0 nitrogen and oxygen atoms in total. The van der Waals surface area contributed by atoms with Gasteiger partial charge in [0.05, 0.1) is 0 Å². The molecule has 0 heteroatoms. The van der Waals surface area contributed by atoms with E-state index < -0.39 is 0 Å². The average molecular weight is 395 g/mol. The summed E-state index contributed by atoms with van der Waals surface area (Å²) in [6, 6.07) is 34.1. The summed E-state index contributed by atoms with van der Waals surface area (Å²) >= 11 is 0. The molecule has 3 aromatic rings. The molecular formula is C30H34. The van der Waals surface area contributed by atoms with Gasteiger partial charge in [-0.3, -0.25) is 0 Å². The fourth-order valence-electron chi connectivity index (χ4n) is 7.88. The normalized spacial score (nSPS) is 35.7. The standard InChI is InChI=1S/C30H34/c1-27-19-28(2,24-13-7-4-8-14-24)22-30(21-27,26-17-11-6-12-18-26)23-29(3,20-27)25-15-9-5-10-16-25/h4-18H,19-23H2,1-3H3. The highest BCUT2D eigenvalue weighted by Gasteiger charge is 2.59. The van der Waals surface area contributed by atoms with Crippen LogP contribution in [0.4, 0.5) is 0 Å². The molecular weight excluding hydrogens is 360 g/mol. The first-order chi connectivity index (χ1) is 14.4. The molecule has 0 heterocycles. The monoisotopic (exact) mass is 394 g/mol. The summed E-state index contributed by atoms with van der Waals surface area (Å²) in [7, 11) is 0. The van der Waals surface area contributed by atoms with E-state index in [2.05, 4.69) is 112 Å².